The molecule has 0 unspecified atom stereocenters. The maximum absolute atomic E-state index is 4.88. The van der Waals surface area contributed by atoms with Crippen molar-refractivity contribution in [3.8, 4) is 0 Å². The van der Waals surface area contributed by atoms with Gasteiger partial charge in [-0.1, -0.05) is 13.8 Å². The first-order valence-electron chi connectivity index (χ1n) is 3.44. The molecule has 0 rings (SSSR count). The number of hydrogen-bond donors (Lipinski definition) is 0. The highest BCUT2D eigenvalue weighted by Gasteiger charge is 1.70. The van der Waals surface area contributed by atoms with E-state index in [1.807, 2.05) is 27.7 Å². The molecule has 2 heteroatoms. The Morgan fingerprint density at radius 1 is 1.44 bits per heavy atom. The Morgan fingerprint density at radius 3 is 2.33 bits per heavy atom. The van der Waals surface area contributed by atoms with Crippen LogP contribution in [0.15, 0.2) is 4.99 Å². The molecule has 0 aliphatic rings. The van der Waals surface area contributed by atoms with Crippen molar-refractivity contribution >= 4 is 6.21 Å². The van der Waals surface area contributed by atoms with Crippen LogP contribution in [0.5, 0.6) is 0 Å². The SMILES string of the molecule is C/C=N\COCC.CC. The molecule has 0 aromatic carbocycles. The van der Waals surface area contributed by atoms with E-state index in [4.69, 9.17) is 4.74 Å². The summed E-state index contributed by atoms with van der Waals surface area (Å²) in [6.45, 7) is 9.08. The van der Waals surface area contributed by atoms with Crippen molar-refractivity contribution in [3.05, 3.63) is 0 Å². The van der Waals surface area contributed by atoms with Crippen LogP contribution in [0.4, 0.5) is 0 Å². The zero-order chi connectivity index (χ0) is 7.54. The monoisotopic (exact) mass is 131 g/mol. The molecule has 0 bridgehead atoms. The lowest BCUT2D eigenvalue weighted by Crippen LogP contribution is -1.87. The molecule has 0 heterocycles. The summed E-state index contributed by atoms with van der Waals surface area (Å²) in [5.74, 6) is 0. The van der Waals surface area contributed by atoms with E-state index in [0.717, 1.165) is 6.61 Å². The van der Waals surface area contributed by atoms with Crippen LogP contribution in [-0.2, 0) is 4.74 Å². The van der Waals surface area contributed by atoms with Crippen molar-refractivity contribution in [1.82, 2.24) is 0 Å². The molecule has 0 spiro atoms. The van der Waals surface area contributed by atoms with Crippen molar-refractivity contribution in [2.75, 3.05) is 13.3 Å². The van der Waals surface area contributed by atoms with Gasteiger partial charge in [-0.15, -0.1) is 0 Å². The summed E-state index contributed by atoms with van der Waals surface area (Å²) in [7, 11) is 0. The number of ether oxygens (including phenoxy) is 1. The van der Waals surface area contributed by atoms with Gasteiger partial charge in [0, 0.05) is 6.61 Å². The van der Waals surface area contributed by atoms with Gasteiger partial charge in [0.15, 0.2) is 0 Å². The number of hydrogen-bond acceptors (Lipinski definition) is 2. The molecular weight excluding hydrogens is 114 g/mol. The molecule has 0 saturated carbocycles. The Labute approximate surface area is 57.9 Å². The second-order valence-corrected chi connectivity index (χ2v) is 1.06. The molecule has 56 valence electrons. The predicted octanol–water partition coefficient (Wildman–Crippen LogP) is 2.10. The zero-order valence-corrected chi connectivity index (χ0v) is 6.85. The molecule has 9 heavy (non-hydrogen) atoms. The van der Waals surface area contributed by atoms with E-state index in [0.29, 0.717) is 6.73 Å². The number of rotatable bonds is 3. The quantitative estimate of drug-likeness (QED) is 0.424. The van der Waals surface area contributed by atoms with Crippen molar-refractivity contribution in [2.45, 2.75) is 27.7 Å². The minimum absolute atomic E-state index is 0.507. The van der Waals surface area contributed by atoms with Crippen LogP contribution in [-0.4, -0.2) is 19.6 Å². The lowest BCUT2D eigenvalue weighted by Gasteiger charge is -1.89. The predicted molar refractivity (Wildman–Crippen MR) is 42.0 cm³/mol. The van der Waals surface area contributed by atoms with E-state index in [1.54, 1.807) is 6.21 Å². The van der Waals surface area contributed by atoms with Crippen LogP contribution < -0.4 is 0 Å². The summed E-state index contributed by atoms with van der Waals surface area (Å²) < 4.78 is 4.88. The lowest BCUT2D eigenvalue weighted by atomic mass is 10.8. The van der Waals surface area contributed by atoms with E-state index in [9.17, 15) is 0 Å². The summed E-state index contributed by atoms with van der Waals surface area (Å²) in [5.41, 5.74) is 0. The van der Waals surface area contributed by atoms with Crippen LogP contribution in [0.25, 0.3) is 0 Å². The van der Waals surface area contributed by atoms with Gasteiger partial charge in [0.05, 0.1) is 0 Å². The van der Waals surface area contributed by atoms with E-state index < -0.39 is 0 Å². The first-order chi connectivity index (χ1) is 4.41. The fraction of sp³-hybridized carbons (Fsp3) is 0.857. The van der Waals surface area contributed by atoms with Gasteiger partial charge in [0.25, 0.3) is 0 Å². The molecule has 0 atom stereocenters. The normalized spacial score (nSPS) is 8.89. The molecular formula is C7H17NO. The van der Waals surface area contributed by atoms with Gasteiger partial charge in [0.2, 0.25) is 0 Å². The minimum atomic E-state index is 0.507. The summed E-state index contributed by atoms with van der Waals surface area (Å²) in [6, 6.07) is 0. The summed E-state index contributed by atoms with van der Waals surface area (Å²) >= 11 is 0. The molecule has 0 aliphatic heterocycles. The Hall–Kier alpha value is -0.370. The van der Waals surface area contributed by atoms with E-state index in [2.05, 4.69) is 4.99 Å². The average molecular weight is 131 g/mol. The van der Waals surface area contributed by atoms with Crippen LogP contribution in [0.2, 0.25) is 0 Å². The maximum Gasteiger partial charge on any atom is 0.136 e. The summed E-state index contributed by atoms with van der Waals surface area (Å²) in [5, 5.41) is 0. The largest absolute Gasteiger partial charge is 0.360 e. The second kappa shape index (κ2) is 15.6. The first-order valence-corrected chi connectivity index (χ1v) is 3.44. The molecule has 0 aliphatic carbocycles. The third-order valence-corrected chi connectivity index (χ3v) is 0.553. The standard InChI is InChI=1S/C5H11NO.C2H6/c1-3-6-5-7-4-2;1-2/h3H,4-5H2,1-2H3;1-2H3/b6-3-;. The summed E-state index contributed by atoms with van der Waals surface area (Å²) in [4.78, 5) is 3.81. The van der Waals surface area contributed by atoms with Crippen molar-refractivity contribution in [3.63, 3.8) is 0 Å². The fourth-order valence-electron chi connectivity index (χ4n) is 0.219. The summed E-state index contributed by atoms with van der Waals surface area (Å²) in [6.07, 6.45) is 1.73. The van der Waals surface area contributed by atoms with Gasteiger partial charge >= 0.3 is 0 Å². The smallest absolute Gasteiger partial charge is 0.136 e. The van der Waals surface area contributed by atoms with Gasteiger partial charge in [-0.3, -0.25) is 4.99 Å². The van der Waals surface area contributed by atoms with Gasteiger partial charge in [0.1, 0.15) is 6.73 Å². The molecule has 0 N–H and O–H groups in total. The molecule has 0 fully saturated rings. The number of nitrogens with zero attached hydrogens (tertiary/aromatic N) is 1. The van der Waals surface area contributed by atoms with Crippen molar-refractivity contribution in [2.24, 2.45) is 4.99 Å². The first kappa shape index (κ1) is 11.4. The third-order valence-electron chi connectivity index (χ3n) is 0.553. The van der Waals surface area contributed by atoms with E-state index in [-0.39, 0.29) is 0 Å². The van der Waals surface area contributed by atoms with Crippen molar-refractivity contribution in [1.29, 1.82) is 0 Å². The third kappa shape index (κ3) is 18.4. The zero-order valence-electron chi connectivity index (χ0n) is 6.85. The highest BCUT2D eigenvalue weighted by Crippen LogP contribution is 1.70. The molecule has 0 aromatic rings. The number of aliphatic imine (C=N–C) groups is 1. The Kier molecular flexibility index (Phi) is 19.9. The maximum atomic E-state index is 4.88. The van der Waals surface area contributed by atoms with Crippen LogP contribution in [0, 0.1) is 0 Å². The average Bonchev–Trinajstić information content (AvgIpc) is 1.94. The van der Waals surface area contributed by atoms with E-state index in [1.165, 1.54) is 0 Å². The molecule has 2 nitrogen and oxygen atoms in total. The molecule has 0 radical (unpaired) electrons. The minimum Gasteiger partial charge on any atom is -0.360 e. The molecule has 0 amide bonds. The van der Waals surface area contributed by atoms with Crippen LogP contribution in [0.1, 0.15) is 27.7 Å². The Balaban J connectivity index is 0. The van der Waals surface area contributed by atoms with Gasteiger partial charge in [-0.25, -0.2) is 0 Å². The highest BCUT2D eigenvalue weighted by atomic mass is 16.5. The Bertz CT molecular complexity index is 52.9. The fourth-order valence-corrected chi connectivity index (χ4v) is 0.219. The van der Waals surface area contributed by atoms with E-state index >= 15 is 0 Å². The Morgan fingerprint density at radius 2 is 2.00 bits per heavy atom. The lowest BCUT2D eigenvalue weighted by molar-refractivity contribution is 0.156. The van der Waals surface area contributed by atoms with Crippen LogP contribution in [0.3, 0.4) is 0 Å². The van der Waals surface area contributed by atoms with Gasteiger partial charge < -0.3 is 4.74 Å². The van der Waals surface area contributed by atoms with Crippen molar-refractivity contribution < 1.29 is 4.74 Å². The topological polar surface area (TPSA) is 21.6 Å². The van der Waals surface area contributed by atoms with Crippen LogP contribution >= 0.6 is 0 Å². The van der Waals surface area contributed by atoms with Gasteiger partial charge in [-0.2, -0.15) is 0 Å². The second-order valence-electron chi connectivity index (χ2n) is 1.06. The highest BCUT2D eigenvalue weighted by molar-refractivity contribution is 5.52. The molecule has 0 aromatic heterocycles. The molecule has 0 saturated heterocycles. The van der Waals surface area contributed by atoms with Gasteiger partial charge in [-0.05, 0) is 20.1 Å².